The molecule has 0 aliphatic carbocycles. The molecule has 1 aliphatic heterocycles. The van der Waals surface area contributed by atoms with Gasteiger partial charge in [-0.1, -0.05) is 6.92 Å². The normalized spacial score (nSPS) is 36.3. The van der Waals surface area contributed by atoms with Crippen LogP contribution in [0.4, 0.5) is 0 Å². The summed E-state index contributed by atoms with van der Waals surface area (Å²) in [6, 6.07) is -0.166. The van der Waals surface area contributed by atoms with Gasteiger partial charge in [-0.3, -0.25) is 4.79 Å². The Kier molecular flexibility index (Phi) is 3.01. The van der Waals surface area contributed by atoms with Crippen LogP contribution in [0.3, 0.4) is 0 Å². The first-order chi connectivity index (χ1) is 5.63. The predicted octanol–water partition coefficient (Wildman–Crippen LogP) is 0.932. The third-order valence-electron chi connectivity index (χ3n) is 2.70. The van der Waals surface area contributed by atoms with E-state index in [1.54, 1.807) is 11.8 Å². The molecule has 3 nitrogen and oxygen atoms in total. The maximum atomic E-state index is 11.0. The maximum absolute atomic E-state index is 11.0. The summed E-state index contributed by atoms with van der Waals surface area (Å²) in [5.41, 5.74) is 5.17. The molecule has 1 rings (SSSR count). The molecule has 0 spiro atoms. The average Bonchev–Trinajstić information content (AvgIpc) is 2.05. The summed E-state index contributed by atoms with van der Waals surface area (Å²) < 4.78 is 0. The van der Waals surface area contributed by atoms with Gasteiger partial charge in [0.05, 0.1) is 5.41 Å². The summed E-state index contributed by atoms with van der Waals surface area (Å²) in [7, 11) is 0. The van der Waals surface area contributed by atoms with Gasteiger partial charge in [0.2, 0.25) is 0 Å². The van der Waals surface area contributed by atoms with Crippen LogP contribution in [0.2, 0.25) is 0 Å². The zero-order valence-corrected chi connectivity index (χ0v) is 8.06. The minimum absolute atomic E-state index is 0.166. The van der Waals surface area contributed by atoms with Gasteiger partial charge in [0.25, 0.3) is 0 Å². The highest BCUT2D eigenvalue weighted by Crippen LogP contribution is 2.36. The highest BCUT2D eigenvalue weighted by molar-refractivity contribution is 7.99. The topological polar surface area (TPSA) is 63.3 Å². The smallest absolute Gasteiger partial charge is 0.312 e. The molecule has 0 radical (unpaired) electrons. The van der Waals surface area contributed by atoms with Crippen molar-refractivity contribution in [1.29, 1.82) is 0 Å². The largest absolute Gasteiger partial charge is 0.481 e. The molecule has 0 saturated carbocycles. The van der Waals surface area contributed by atoms with E-state index in [4.69, 9.17) is 10.8 Å². The van der Waals surface area contributed by atoms with E-state index in [1.807, 2.05) is 6.92 Å². The van der Waals surface area contributed by atoms with Gasteiger partial charge in [-0.05, 0) is 18.6 Å². The number of carboxylic acid groups (broad SMARTS) is 1. The van der Waals surface area contributed by atoms with Crippen LogP contribution in [0, 0.1) is 5.41 Å². The second-order valence-electron chi connectivity index (χ2n) is 3.26. The van der Waals surface area contributed by atoms with E-state index in [9.17, 15) is 4.79 Å². The van der Waals surface area contributed by atoms with Crippen LogP contribution in [0.15, 0.2) is 0 Å². The Bertz CT molecular complexity index is 186. The van der Waals surface area contributed by atoms with Crippen molar-refractivity contribution in [3.05, 3.63) is 0 Å². The Morgan fingerprint density at radius 3 is 2.83 bits per heavy atom. The quantitative estimate of drug-likeness (QED) is 0.678. The first kappa shape index (κ1) is 9.86. The molecule has 2 unspecified atom stereocenters. The highest BCUT2D eigenvalue weighted by Gasteiger charge is 2.44. The first-order valence-electron chi connectivity index (χ1n) is 4.20. The van der Waals surface area contributed by atoms with Crippen molar-refractivity contribution in [2.24, 2.45) is 11.1 Å². The van der Waals surface area contributed by atoms with Crippen LogP contribution in [0.1, 0.15) is 19.8 Å². The number of thioether (sulfide) groups is 1. The van der Waals surface area contributed by atoms with Crippen LogP contribution < -0.4 is 5.73 Å². The average molecular weight is 189 g/mol. The second kappa shape index (κ2) is 3.66. The fraction of sp³-hybridized carbons (Fsp3) is 0.875. The molecule has 0 amide bonds. The first-order valence-corrected chi connectivity index (χ1v) is 5.35. The Balaban J connectivity index is 2.81. The maximum Gasteiger partial charge on any atom is 0.312 e. The summed E-state index contributed by atoms with van der Waals surface area (Å²) in [4.78, 5) is 11.0. The van der Waals surface area contributed by atoms with Crippen LogP contribution in [-0.2, 0) is 4.79 Å². The number of nitrogens with two attached hydrogens (primary N) is 1. The predicted molar refractivity (Wildman–Crippen MR) is 50.3 cm³/mol. The third-order valence-corrected chi connectivity index (χ3v) is 3.94. The Hall–Kier alpha value is -0.220. The van der Waals surface area contributed by atoms with Crippen molar-refractivity contribution in [1.82, 2.24) is 0 Å². The number of rotatable bonds is 2. The van der Waals surface area contributed by atoms with Crippen molar-refractivity contribution >= 4 is 17.7 Å². The molecule has 1 aliphatic rings. The molecular weight excluding hydrogens is 174 g/mol. The number of carbonyl (C=O) groups is 1. The van der Waals surface area contributed by atoms with Crippen molar-refractivity contribution in [2.45, 2.75) is 25.8 Å². The lowest BCUT2D eigenvalue weighted by molar-refractivity contribution is -0.149. The number of hydrogen-bond acceptors (Lipinski definition) is 3. The van der Waals surface area contributed by atoms with Gasteiger partial charge in [0.15, 0.2) is 0 Å². The molecule has 1 heterocycles. The van der Waals surface area contributed by atoms with Crippen LogP contribution in [0.25, 0.3) is 0 Å². The molecular formula is C8H15NO2S. The van der Waals surface area contributed by atoms with Gasteiger partial charge in [0.1, 0.15) is 0 Å². The fourth-order valence-corrected chi connectivity index (χ4v) is 3.05. The van der Waals surface area contributed by atoms with Gasteiger partial charge in [-0.2, -0.15) is 11.8 Å². The Labute approximate surface area is 76.7 Å². The molecule has 0 aromatic heterocycles. The summed E-state index contributed by atoms with van der Waals surface area (Å²) >= 11 is 1.70. The van der Waals surface area contributed by atoms with Gasteiger partial charge in [0, 0.05) is 11.8 Å². The van der Waals surface area contributed by atoms with E-state index in [-0.39, 0.29) is 6.04 Å². The SMILES string of the molecule is CCC1(C(=O)O)CSCCC1N. The van der Waals surface area contributed by atoms with Gasteiger partial charge in [-0.25, -0.2) is 0 Å². The number of hydrogen-bond donors (Lipinski definition) is 2. The van der Waals surface area contributed by atoms with Crippen molar-refractivity contribution in [2.75, 3.05) is 11.5 Å². The Morgan fingerprint density at radius 2 is 2.50 bits per heavy atom. The number of aliphatic carboxylic acids is 1. The summed E-state index contributed by atoms with van der Waals surface area (Å²) in [6.45, 7) is 1.90. The lowest BCUT2D eigenvalue weighted by atomic mass is 9.78. The highest BCUT2D eigenvalue weighted by atomic mass is 32.2. The van der Waals surface area contributed by atoms with Crippen molar-refractivity contribution in [3.63, 3.8) is 0 Å². The number of carboxylic acids is 1. The second-order valence-corrected chi connectivity index (χ2v) is 4.37. The Morgan fingerprint density at radius 1 is 1.83 bits per heavy atom. The van der Waals surface area contributed by atoms with E-state index in [1.165, 1.54) is 0 Å². The van der Waals surface area contributed by atoms with Crippen molar-refractivity contribution in [3.8, 4) is 0 Å². The standard InChI is InChI=1S/C8H15NO2S/c1-2-8(7(10)11)5-12-4-3-6(8)9/h6H,2-5,9H2,1H3,(H,10,11). The van der Waals surface area contributed by atoms with Gasteiger partial charge in [-0.15, -0.1) is 0 Å². The summed E-state index contributed by atoms with van der Waals surface area (Å²) in [6.07, 6.45) is 1.46. The van der Waals surface area contributed by atoms with E-state index < -0.39 is 11.4 Å². The van der Waals surface area contributed by atoms with Gasteiger partial charge >= 0.3 is 5.97 Å². The minimum Gasteiger partial charge on any atom is -0.481 e. The van der Waals surface area contributed by atoms with Crippen LogP contribution in [0.5, 0.6) is 0 Å². The van der Waals surface area contributed by atoms with Gasteiger partial charge < -0.3 is 10.8 Å². The lowest BCUT2D eigenvalue weighted by Crippen LogP contribution is -2.51. The molecule has 3 N–H and O–H groups in total. The van der Waals surface area contributed by atoms with E-state index >= 15 is 0 Å². The van der Waals surface area contributed by atoms with E-state index in [2.05, 4.69) is 0 Å². The molecule has 0 bridgehead atoms. The molecule has 12 heavy (non-hydrogen) atoms. The molecule has 4 heteroatoms. The fourth-order valence-electron chi connectivity index (χ4n) is 1.58. The monoisotopic (exact) mass is 189 g/mol. The third kappa shape index (κ3) is 1.45. The molecule has 0 aromatic carbocycles. The molecule has 0 aromatic rings. The molecule has 1 fully saturated rings. The lowest BCUT2D eigenvalue weighted by Gasteiger charge is -2.37. The molecule has 2 atom stereocenters. The van der Waals surface area contributed by atoms with Crippen molar-refractivity contribution < 1.29 is 9.90 Å². The van der Waals surface area contributed by atoms with E-state index in [0.29, 0.717) is 12.2 Å². The summed E-state index contributed by atoms with van der Waals surface area (Å²) in [5.74, 6) is 0.931. The minimum atomic E-state index is -0.732. The zero-order valence-electron chi connectivity index (χ0n) is 7.25. The van der Waals surface area contributed by atoms with E-state index in [0.717, 1.165) is 12.2 Å². The summed E-state index contributed by atoms with van der Waals surface area (Å²) in [5, 5.41) is 9.07. The zero-order chi connectivity index (χ0) is 9.19. The van der Waals surface area contributed by atoms with Crippen LogP contribution >= 0.6 is 11.8 Å². The molecule has 1 saturated heterocycles. The molecule has 70 valence electrons. The van der Waals surface area contributed by atoms with Crippen LogP contribution in [-0.4, -0.2) is 28.6 Å².